The van der Waals surface area contributed by atoms with Gasteiger partial charge in [-0.15, -0.1) is 0 Å². The number of nitrogens with one attached hydrogen (secondary N) is 1. The molecule has 1 aromatic rings. The van der Waals surface area contributed by atoms with E-state index in [1.165, 1.54) is 0 Å². The molecule has 0 aliphatic heterocycles. The number of allylic oxidation sites excluding steroid dienone is 1. The summed E-state index contributed by atoms with van der Waals surface area (Å²) in [4.78, 5) is 4.02. The van der Waals surface area contributed by atoms with Crippen LogP contribution in [0.3, 0.4) is 0 Å². The van der Waals surface area contributed by atoms with Crippen LogP contribution >= 0.6 is 0 Å². The fourth-order valence-corrected chi connectivity index (χ4v) is 1.46. The van der Waals surface area contributed by atoms with Crippen LogP contribution in [0.4, 0.5) is 0 Å². The largest absolute Gasteiger partial charge is 0.402 e. The maximum absolute atomic E-state index is 7.80. The zero-order chi connectivity index (χ0) is 13.4. The standard InChI is InChI=1S/C14H20N4/c1-2-3-9-12(15)10-13(16)18-14(17)11-7-5-4-6-8-11/h4-8,10H,2-3,9,15H2,1H3,(H3,16,17,18)/b12-10-. The number of benzene rings is 1. The van der Waals surface area contributed by atoms with Crippen LogP contribution in [-0.2, 0) is 0 Å². The zero-order valence-electron chi connectivity index (χ0n) is 10.7. The average molecular weight is 244 g/mol. The van der Waals surface area contributed by atoms with Gasteiger partial charge in [0.1, 0.15) is 5.84 Å². The fourth-order valence-electron chi connectivity index (χ4n) is 1.46. The molecule has 0 saturated heterocycles. The van der Waals surface area contributed by atoms with Gasteiger partial charge in [0, 0.05) is 11.3 Å². The molecule has 0 amide bonds. The van der Waals surface area contributed by atoms with Crippen molar-refractivity contribution in [1.29, 1.82) is 5.41 Å². The summed E-state index contributed by atoms with van der Waals surface area (Å²) in [6.07, 6.45) is 4.57. The summed E-state index contributed by atoms with van der Waals surface area (Å²) in [6, 6.07) is 9.26. The highest BCUT2D eigenvalue weighted by atomic mass is 14.9. The summed E-state index contributed by atoms with van der Waals surface area (Å²) < 4.78 is 0. The Balaban J connectivity index is 2.69. The smallest absolute Gasteiger partial charge is 0.154 e. The maximum atomic E-state index is 7.80. The van der Waals surface area contributed by atoms with Crippen molar-refractivity contribution in [3.8, 4) is 0 Å². The van der Waals surface area contributed by atoms with Gasteiger partial charge < -0.3 is 11.5 Å². The Morgan fingerprint density at radius 3 is 2.56 bits per heavy atom. The molecule has 0 atom stereocenters. The molecule has 0 unspecified atom stereocenters. The third kappa shape index (κ3) is 4.82. The van der Waals surface area contributed by atoms with E-state index in [0.717, 1.165) is 24.8 Å². The van der Waals surface area contributed by atoms with E-state index in [4.69, 9.17) is 16.9 Å². The first kappa shape index (κ1) is 14.0. The Hall–Kier alpha value is -2.10. The molecule has 0 aliphatic carbocycles. The second kappa shape index (κ2) is 7.27. The van der Waals surface area contributed by atoms with Crippen LogP contribution in [0, 0.1) is 5.41 Å². The van der Waals surface area contributed by atoms with E-state index in [1.54, 1.807) is 6.08 Å². The van der Waals surface area contributed by atoms with Crippen molar-refractivity contribution in [3.63, 3.8) is 0 Å². The molecule has 0 radical (unpaired) electrons. The Labute approximate surface area is 108 Å². The first-order valence-electron chi connectivity index (χ1n) is 6.07. The lowest BCUT2D eigenvalue weighted by atomic mass is 10.2. The van der Waals surface area contributed by atoms with Crippen LogP contribution in [0.1, 0.15) is 31.7 Å². The number of hydrogen-bond acceptors (Lipinski definition) is 2. The van der Waals surface area contributed by atoms with Crippen molar-refractivity contribution < 1.29 is 0 Å². The Bertz CT molecular complexity index is 446. The van der Waals surface area contributed by atoms with E-state index in [-0.39, 0.29) is 11.7 Å². The van der Waals surface area contributed by atoms with Gasteiger partial charge in [-0.1, -0.05) is 43.7 Å². The van der Waals surface area contributed by atoms with Crippen molar-refractivity contribution >= 4 is 11.7 Å². The number of hydrogen-bond donors (Lipinski definition) is 3. The summed E-state index contributed by atoms with van der Waals surface area (Å²) in [6.45, 7) is 2.11. The Kier molecular flexibility index (Phi) is 5.64. The molecule has 4 heteroatoms. The minimum atomic E-state index is 0.146. The van der Waals surface area contributed by atoms with Gasteiger partial charge >= 0.3 is 0 Å². The Morgan fingerprint density at radius 1 is 1.28 bits per heavy atom. The summed E-state index contributed by atoms with van der Waals surface area (Å²) in [5, 5.41) is 7.80. The van der Waals surface area contributed by atoms with Crippen molar-refractivity contribution in [2.45, 2.75) is 26.2 Å². The third-order valence-electron chi connectivity index (χ3n) is 2.44. The molecular formula is C14H20N4. The normalized spacial score (nSPS) is 12.5. The number of unbranched alkanes of at least 4 members (excludes halogenated alkanes) is 1. The highest BCUT2D eigenvalue weighted by Crippen LogP contribution is 2.03. The van der Waals surface area contributed by atoms with Gasteiger partial charge in [0.05, 0.1) is 0 Å². The lowest BCUT2D eigenvalue weighted by Gasteiger charge is -2.01. The molecule has 18 heavy (non-hydrogen) atoms. The zero-order valence-corrected chi connectivity index (χ0v) is 10.7. The van der Waals surface area contributed by atoms with Crippen molar-refractivity contribution in [2.75, 3.05) is 0 Å². The van der Waals surface area contributed by atoms with E-state index in [2.05, 4.69) is 11.9 Å². The minimum Gasteiger partial charge on any atom is -0.402 e. The fraction of sp³-hybridized carbons (Fsp3) is 0.286. The third-order valence-corrected chi connectivity index (χ3v) is 2.44. The van der Waals surface area contributed by atoms with E-state index in [0.29, 0.717) is 5.70 Å². The highest BCUT2D eigenvalue weighted by molar-refractivity contribution is 6.07. The lowest BCUT2D eigenvalue weighted by Crippen LogP contribution is -2.14. The molecule has 96 valence electrons. The summed E-state index contributed by atoms with van der Waals surface area (Å²) >= 11 is 0. The SMILES string of the molecule is CCCC/C(N)=C/C(N)=NC(=N)c1ccccc1. The maximum Gasteiger partial charge on any atom is 0.154 e. The van der Waals surface area contributed by atoms with Gasteiger partial charge in [0.15, 0.2) is 5.84 Å². The molecule has 0 aromatic heterocycles. The van der Waals surface area contributed by atoms with E-state index in [9.17, 15) is 0 Å². The number of nitrogens with two attached hydrogens (primary N) is 2. The van der Waals surface area contributed by atoms with E-state index < -0.39 is 0 Å². The van der Waals surface area contributed by atoms with Crippen molar-refractivity contribution in [3.05, 3.63) is 47.7 Å². The van der Waals surface area contributed by atoms with Gasteiger partial charge in [-0.3, -0.25) is 5.41 Å². The molecule has 5 N–H and O–H groups in total. The first-order chi connectivity index (χ1) is 8.63. The number of aliphatic imine (C=N–C) groups is 1. The lowest BCUT2D eigenvalue weighted by molar-refractivity contribution is 0.782. The van der Waals surface area contributed by atoms with Gasteiger partial charge in [0.2, 0.25) is 0 Å². The molecule has 1 rings (SSSR count). The molecule has 0 saturated carbocycles. The highest BCUT2D eigenvalue weighted by Gasteiger charge is 1.99. The minimum absolute atomic E-state index is 0.146. The summed E-state index contributed by atoms with van der Waals surface area (Å²) in [7, 11) is 0. The predicted molar refractivity (Wildman–Crippen MR) is 76.7 cm³/mol. The predicted octanol–water partition coefficient (Wildman–Crippen LogP) is 2.40. The molecule has 0 spiro atoms. The summed E-state index contributed by atoms with van der Waals surface area (Å²) in [5.74, 6) is 0.421. The van der Waals surface area contributed by atoms with Gasteiger partial charge in [-0.2, -0.15) is 0 Å². The van der Waals surface area contributed by atoms with Crippen LogP contribution in [-0.4, -0.2) is 11.7 Å². The second-order valence-electron chi connectivity index (χ2n) is 4.07. The van der Waals surface area contributed by atoms with Crippen LogP contribution in [0.5, 0.6) is 0 Å². The van der Waals surface area contributed by atoms with Crippen LogP contribution in [0.2, 0.25) is 0 Å². The molecular weight excluding hydrogens is 224 g/mol. The van der Waals surface area contributed by atoms with Crippen LogP contribution in [0.25, 0.3) is 0 Å². The topological polar surface area (TPSA) is 88.2 Å². The molecule has 0 bridgehead atoms. The van der Waals surface area contributed by atoms with Gasteiger partial charge in [-0.05, 0) is 18.9 Å². The average Bonchev–Trinajstić information content (AvgIpc) is 2.37. The molecule has 0 heterocycles. The van der Waals surface area contributed by atoms with Gasteiger partial charge in [0.25, 0.3) is 0 Å². The molecule has 0 fully saturated rings. The number of amidine groups is 2. The van der Waals surface area contributed by atoms with Crippen LogP contribution < -0.4 is 11.5 Å². The number of rotatable bonds is 5. The quantitative estimate of drug-likeness (QED) is 0.548. The number of nitrogens with zero attached hydrogens (tertiary/aromatic N) is 1. The van der Waals surface area contributed by atoms with E-state index >= 15 is 0 Å². The molecule has 4 nitrogen and oxygen atoms in total. The van der Waals surface area contributed by atoms with Crippen molar-refractivity contribution in [1.82, 2.24) is 0 Å². The second-order valence-corrected chi connectivity index (χ2v) is 4.07. The van der Waals surface area contributed by atoms with Crippen LogP contribution in [0.15, 0.2) is 47.1 Å². The monoisotopic (exact) mass is 244 g/mol. The summed E-state index contributed by atoms with van der Waals surface area (Å²) in [5.41, 5.74) is 13.0. The van der Waals surface area contributed by atoms with Crippen molar-refractivity contribution in [2.24, 2.45) is 16.5 Å². The van der Waals surface area contributed by atoms with E-state index in [1.807, 2.05) is 30.3 Å². The molecule has 0 aliphatic rings. The first-order valence-corrected chi connectivity index (χ1v) is 6.07. The molecule has 1 aromatic carbocycles. The Morgan fingerprint density at radius 2 is 1.94 bits per heavy atom. The van der Waals surface area contributed by atoms with Gasteiger partial charge in [-0.25, -0.2) is 4.99 Å².